The van der Waals surface area contributed by atoms with Crippen molar-refractivity contribution in [2.45, 2.75) is 224 Å². The number of nitrogens with zero attached hydrogens (tertiary/aromatic N) is 8. The lowest BCUT2D eigenvalue weighted by molar-refractivity contribution is -0.151. The van der Waals surface area contributed by atoms with Crippen LogP contribution in [0.25, 0.3) is 0 Å². The van der Waals surface area contributed by atoms with E-state index in [4.69, 9.17) is 11.6 Å². The van der Waals surface area contributed by atoms with Crippen molar-refractivity contribution in [2.75, 3.05) is 75.5 Å². The fourth-order valence-corrected chi connectivity index (χ4v) is 13.6. The van der Waals surface area contributed by atoms with E-state index >= 15 is 9.59 Å². The number of carbonyl (C=O) groups is 11. The highest BCUT2D eigenvalue weighted by atomic mass is 35.5. The van der Waals surface area contributed by atoms with Gasteiger partial charge in [0, 0.05) is 68.3 Å². The van der Waals surface area contributed by atoms with Crippen LogP contribution in [0.2, 0.25) is 5.02 Å². The molecule has 4 aliphatic rings. The molecule has 93 heavy (non-hydrogen) atoms. The van der Waals surface area contributed by atoms with E-state index in [2.05, 4.69) is 16.0 Å². The maximum Gasteiger partial charge on any atom is 0.417 e. The number of halogens is 4. The number of amides is 11. The second-order valence-electron chi connectivity index (χ2n) is 27.8. The number of fused-ring (bicyclic) bond motifs is 1. The zero-order chi connectivity index (χ0) is 69.6. The van der Waals surface area contributed by atoms with Gasteiger partial charge in [0.25, 0.3) is 0 Å². The van der Waals surface area contributed by atoms with E-state index in [-0.39, 0.29) is 82.1 Å². The SMILES string of the molecule is CC[C@H](C)[C@@H]1NC(=O)[C@H](CC(C)C)N(C)C(=O)C[C@@H](C)N(C)C(=O)[C@H](CCC(C)C)N(C)C(=O)C2(CCCC2)NC(=O)[C@@H]2CCCN2C(=O)[C@H](CCc2ccc(C(F)(F)F)c(Cl)c2)NC(=O)CN(C)C(=O)[C@H](CC2CCCCC2)N(C)C(=O)CN(C)C(=O)CN(C)C1=O. The van der Waals surface area contributed by atoms with Gasteiger partial charge < -0.3 is 55.1 Å². The Balaban J connectivity index is 1.57. The van der Waals surface area contributed by atoms with Gasteiger partial charge in [-0.15, -0.1) is 0 Å². The molecule has 1 aromatic carbocycles. The number of benzene rings is 1. The molecule has 2 heterocycles. The monoisotopic (exact) mass is 1330 g/mol. The van der Waals surface area contributed by atoms with Gasteiger partial charge in [0.05, 0.1) is 30.2 Å². The van der Waals surface area contributed by atoms with E-state index in [1.807, 2.05) is 34.6 Å². The van der Waals surface area contributed by atoms with Gasteiger partial charge in [0.2, 0.25) is 65.0 Å². The van der Waals surface area contributed by atoms with E-state index in [0.717, 1.165) is 54.0 Å². The Morgan fingerprint density at radius 3 is 1.83 bits per heavy atom. The first-order chi connectivity index (χ1) is 43.5. The molecule has 0 radical (unpaired) electrons. The third kappa shape index (κ3) is 20.5. The van der Waals surface area contributed by atoms with Crippen molar-refractivity contribution in [1.29, 1.82) is 0 Å². The molecule has 5 rings (SSSR count). The van der Waals surface area contributed by atoms with Gasteiger partial charge in [-0.05, 0) is 112 Å². The number of hydrogen-bond acceptors (Lipinski definition) is 11. The lowest BCUT2D eigenvalue weighted by atomic mass is 9.84. The van der Waals surface area contributed by atoms with Gasteiger partial charge in [-0.2, -0.15) is 13.2 Å². The van der Waals surface area contributed by atoms with Crippen LogP contribution in [0.4, 0.5) is 13.2 Å². The van der Waals surface area contributed by atoms with Crippen LogP contribution in [-0.2, 0) is 65.3 Å². The third-order valence-electron chi connectivity index (χ3n) is 19.7. The largest absolute Gasteiger partial charge is 0.417 e. The van der Waals surface area contributed by atoms with Crippen LogP contribution in [0.5, 0.6) is 0 Å². The average Bonchev–Trinajstić information content (AvgIpc) is 1.77. The molecule has 2 aliphatic heterocycles. The van der Waals surface area contributed by atoms with E-state index in [9.17, 15) is 56.3 Å². The summed E-state index contributed by atoms with van der Waals surface area (Å²) in [4.78, 5) is 171. The number of rotatable bonds is 12. The minimum absolute atomic E-state index is 0.0333. The summed E-state index contributed by atoms with van der Waals surface area (Å²) in [7, 11) is 10.2. The minimum Gasteiger partial charge on any atom is -0.343 e. The molecule has 1 aromatic rings. The van der Waals surface area contributed by atoms with Gasteiger partial charge in [-0.1, -0.05) is 111 Å². The summed E-state index contributed by atoms with van der Waals surface area (Å²) in [6, 6.07) is -4.47. The zero-order valence-corrected chi connectivity index (χ0v) is 58.2. The first kappa shape index (κ1) is 77.2. The smallest absolute Gasteiger partial charge is 0.343 e. The van der Waals surface area contributed by atoms with E-state index in [1.165, 1.54) is 77.8 Å². The Hall–Kier alpha value is -6.53. The normalized spacial score (nSPS) is 26.0. The Labute approximate surface area is 553 Å². The Morgan fingerprint density at radius 2 is 1.24 bits per heavy atom. The molecule has 8 atom stereocenters. The Morgan fingerprint density at radius 1 is 0.624 bits per heavy atom. The van der Waals surface area contributed by atoms with Crippen LogP contribution >= 0.6 is 11.6 Å². The predicted molar refractivity (Wildman–Crippen MR) is 346 cm³/mol. The first-order valence-electron chi connectivity index (χ1n) is 33.4. The van der Waals surface area contributed by atoms with Crippen LogP contribution in [0.1, 0.15) is 175 Å². The van der Waals surface area contributed by atoms with Crippen LogP contribution in [-0.4, -0.2) is 228 Å². The van der Waals surface area contributed by atoms with Gasteiger partial charge in [0.1, 0.15) is 41.8 Å². The maximum atomic E-state index is 15.2. The summed E-state index contributed by atoms with van der Waals surface area (Å²) in [5.41, 5.74) is -2.24. The first-order valence-corrected chi connectivity index (χ1v) is 33.8. The highest BCUT2D eigenvalue weighted by molar-refractivity contribution is 6.31. The molecule has 2 saturated carbocycles. The fourth-order valence-electron chi connectivity index (χ4n) is 13.3. The van der Waals surface area contributed by atoms with Crippen molar-refractivity contribution < 1.29 is 65.9 Å². The quantitative estimate of drug-likeness (QED) is 0.210. The summed E-state index contributed by atoms with van der Waals surface area (Å²) in [6.07, 6.45) is 2.90. The van der Waals surface area contributed by atoms with Gasteiger partial charge in [-0.3, -0.25) is 52.7 Å². The summed E-state index contributed by atoms with van der Waals surface area (Å²) in [5, 5.41) is 8.14. The second kappa shape index (κ2) is 34.2. The second-order valence-corrected chi connectivity index (χ2v) is 28.2. The summed E-state index contributed by atoms with van der Waals surface area (Å²) >= 11 is 6.13. The van der Waals surface area contributed by atoms with Crippen molar-refractivity contribution in [3.05, 3.63) is 34.3 Å². The van der Waals surface area contributed by atoms with Crippen molar-refractivity contribution in [2.24, 2.45) is 23.7 Å². The molecule has 0 unspecified atom stereocenters. The molecule has 11 amide bonds. The summed E-state index contributed by atoms with van der Waals surface area (Å²) in [5.74, 6) is -7.01. The molecule has 2 aliphatic carbocycles. The molecular formula is C67H105ClF3N11O11. The van der Waals surface area contributed by atoms with Crippen molar-refractivity contribution >= 4 is 76.6 Å². The minimum atomic E-state index is -4.74. The number of likely N-dealkylation sites (N-methyl/N-ethyl adjacent to an activating group) is 7. The molecule has 2 saturated heterocycles. The molecule has 0 bridgehead atoms. The maximum absolute atomic E-state index is 15.2. The highest BCUT2D eigenvalue weighted by Crippen LogP contribution is 2.37. The lowest BCUT2D eigenvalue weighted by Crippen LogP contribution is -2.64. The van der Waals surface area contributed by atoms with Crippen molar-refractivity contribution in [3.8, 4) is 0 Å². The topological polar surface area (TPSA) is 250 Å². The van der Waals surface area contributed by atoms with E-state index in [1.54, 1.807) is 20.9 Å². The lowest BCUT2D eigenvalue weighted by Gasteiger charge is -2.40. The molecule has 26 heteroatoms. The summed E-state index contributed by atoms with van der Waals surface area (Å²) < 4.78 is 41.4. The Kier molecular flexibility index (Phi) is 28.4. The fraction of sp³-hybridized carbons (Fsp3) is 0.746. The van der Waals surface area contributed by atoms with Gasteiger partial charge in [0.15, 0.2) is 0 Å². The van der Waals surface area contributed by atoms with Crippen molar-refractivity contribution in [1.82, 2.24) is 55.1 Å². The van der Waals surface area contributed by atoms with Gasteiger partial charge in [-0.25, -0.2) is 0 Å². The molecule has 22 nitrogen and oxygen atoms in total. The molecule has 1 spiro atoms. The molecule has 0 aromatic heterocycles. The number of carbonyl (C=O) groups excluding carboxylic acids is 11. The van der Waals surface area contributed by atoms with Gasteiger partial charge >= 0.3 is 6.18 Å². The van der Waals surface area contributed by atoms with Crippen LogP contribution in [0.3, 0.4) is 0 Å². The number of aryl methyl sites for hydroxylation is 1. The number of alkyl halides is 3. The van der Waals surface area contributed by atoms with E-state index in [0.29, 0.717) is 37.7 Å². The van der Waals surface area contributed by atoms with Crippen LogP contribution in [0, 0.1) is 23.7 Å². The standard InChI is InChI=1S/C67H105ClF3N11O11/c1-15-43(6)58-64(92)77(10)39-56(85)75(8)40-57(86)80(13)53(37-45-22-17-16-18-23-45)62(90)76(9)38-54(83)72-49(29-27-46-26-28-47(48(68)36-46)67(69,70)71)61(89)82-33-21-24-50(82)60(88)74-66(31-19-20-32-66)65(93)81(14)51(30-25-41(2)3)63(91)78(11)44(7)35-55(84)79(12)52(34-42(4)5)59(87)73-58/h26,28,36,41-45,49-53,58H,15-25,27,29-35,37-40H2,1-14H3,(H,72,83)(H,73,87)(H,74,88)/t43-,44+,49-,50-,51-,52-,53-,58-/m0/s1. The Bertz CT molecular complexity index is 2830. The van der Waals surface area contributed by atoms with Crippen molar-refractivity contribution in [3.63, 3.8) is 0 Å². The number of nitrogens with one attached hydrogen (secondary N) is 3. The zero-order valence-electron chi connectivity index (χ0n) is 57.4. The molecule has 3 N–H and O–H groups in total. The molecule has 4 fully saturated rings. The summed E-state index contributed by atoms with van der Waals surface area (Å²) in [6.45, 7) is 11.5. The van der Waals surface area contributed by atoms with Crippen LogP contribution < -0.4 is 16.0 Å². The predicted octanol–water partition coefficient (Wildman–Crippen LogP) is 6.29. The van der Waals surface area contributed by atoms with Crippen LogP contribution in [0.15, 0.2) is 18.2 Å². The number of hydrogen-bond donors (Lipinski definition) is 3. The van der Waals surface area contributed by atoms with E-state index < -0.39 is 155 Å². The molecular weight excluding hydrogens is 1230 g/mol. The third-order valence-corrected chi connectivity index (χ3v) is 20.0. The highest BCUT2D eigenvalue weighted by Gasteiger charge is 2.50. The average molecular weight is 1330 g/mol. The molecule has 522 valence electrons.